The van der Waals surface area contributed by atoms with Crippen molar-refractivity contribution < 1.29 is 8.81 Å². The molecule has 3 rings (SSSR count). The van der Waals surface area contributed by atoms with Crippen molar-refractivity contribution in [3.05, 3.63) is 54.0 Å². The van der Waals surface area contributed by atoms with Crippen LogP contribution in [0.1, 0.15) is 11.4 Å². The lowest BCUT2D eigenvalue weighted by atomic mass is 10.3. The number of furan rings is 1. The number of hydrogen-bond donors (Lipinski definition) is 0. The van der Waals surface area contributed by atoms with Crippen LogP contribution < -0.4 is 0 Å². The van der Waals surface area contributed by atoms with Gasteiger partial charge in [0.15, 0.2) is 0 Å². The van der Waals surface area contributed by atoms with Gasteiger partial charge in [0.2, 0.25) is 0 Å². The maximum atomic E-state index is 13.2. The minimum atomic E-state index is -0.295. The molecule has 1 aromatic carbocycles. The SMILES string of the molecule is Fc1ccc2c(c1)nc(CCl)n2Cc1ccoc1. The Morgan fingerprint density at radius 1 is 1.33 bits per heavy atom. The van der Waals surface area contributed by atoms with E-state index in [9.17, 15) is 4.39 Å². The number of imidazole rings is 1. The van der Waals surface area contributed by atoms with Gasteiger partial charge in [-0.3, -0.25) is 0 Å². The van der Waals surface area contributed by atoms with Crippen LogP contribution in [0.2, 0.25) is 0 Å². The molecule has 0 fully saturated rings. The standard InChI is InChI=1S/C13H10ClFN2O/c14-6-13-16-11-5-10(15)1-2-12(11)17(13)7-9-3-4-18-8-9/h1-5,8H,6-7H2. The van der Waals surface area contributed by atoms with E-state index < -0.39 is 0 Å². The molecule has 0 unspecified atom stereocenters. The summed E-state index contributed by atoms with van der Waals surface area (Å²) in [5.41, 5.74) is 2.51. The second kappa shape index (κ2) is 4.46. The van der Waals surface area contributed by atoms with Crippen LogP contribution in [0.4, 0.5) is 4.39 Å². The molecule has 2 heterocycles. The minimum absolute atomic E-state index is 0.286. The van der Waals surface area contributed by atoms with Crippen LogP contribution in [0.5, 0.6) is 0 Å². The van der Waals surface area contributed by atoms with E-state index in [1.54, 1.807) is 18.6 Å². The number of hydrogen-bond acceptors (Lipinski definition) is 2. The normalized spacial score (nSPS) is 11.2. The molecule has 0 N–H and O–H groups in total. The van der Waals surface area contributed by atoms with Crippen molar-refractivity contribution in [2.75, 3.05) is 0 Å². The Balaban J connectivity index is 2.13. The van der Waals surface area contributed by atoms with Gasteiger partial charge in [-0.25, -0.2) is 9.37 Å². The highest BCUT2D eigenvalue weighted by Crippen LogP contribution is 2.20. The van der Waals surface area contributed by atoms with E-state index in [4.69, 9.17) is 16.0 Å². The first-order chi connectivity index (χ1) is 8.78. The van der Waals surface area contributed by atoms with Gasteiger partial charge in [-0.15, -0.1) is 11.6 Å². The van der Waals surface area contributed by atoms with Crippen molar-refractivity contribution in [1.29, 1.82) is 0 Å². The zero-order valence-corrected chi connectivity index (χ0v) is 10.2. The summed E-state index contributed by atoms with van der Waals surface area (Å²) in [6.07, 6.45) is 3.29. The summed E-state index contributed by atoms with van der Waals surface area (Å²) < 4.78 is 20.2. The number of aromatic nitrogens is 2. The Hall–Kier alpha value is -1.81. The van der Waals surface area contributed by atoms with E-state index in [0.717, 1.165) is 16.9 Å². The molecule has 3 aromatic rings. The van der Waals surface area contributed by atoms with Crippen LogP contribution in [0.15, 0.2) is 41.2 Å². The van der Waals surface area contributed by atoms with Gasteiger partial charge < -0.3 is 8.98 Å². The molecule has 0 atom stereocenters. The molecule has 0 amide bonds. The minimum Gasteiger partial charge on any atom is -0.472 e. The quantitative estimate of drug-likeness (QED) is 0.677. The molecule has 18 heavy (non-hydrogen) atoms. The number of benzene rings is 1. The molecule has 0 spiro atoms. The summed E-state index contributed by atoms with van der Waals surface area (Å²) in [4.78, 5) is 4.33. The molecular formula is C13H10ClFN2O. The fourth-order valence-electron chi connectivity index (χ4n) is 2.00. The van der Waals surface area contributed by atoms with E-state index in [1.807, 2.05) is 10.6 Å². The Morgan fingerprint density at radius 3 is 2.94 bits per heavy atom. The third-order valence-corrected chi connectivity index (χ3v) is 3.07. The maximum Gasteiger partial charge on any atom is 0.125 e. The number of alkyl halides is 1. The van der Waals surface area contributed by atoms with E-state index >= 15 is 0 Å². The first kappa shape index (κ1) is 11.3. The smallest absolute Gasteiger partial charge is 0.125 e. The largest absolute Gasteiger partial charge is 0.472 e. The summed E-state index contributed by atoms with van der Waals surface area (Å²) in [5, 5.41) is 0. The Bertz CT molecular complexity index is 676. The Labute approximate surface area is 108 Å². The fourth-order valence-corrected chi connectivity index (χ4v) is 2.20. The monoisotopic (exact) mass is 264 g/mol. The van der Waals surface area contributed by atoms with E-state index in [0.29, 0.717) is 12.1 Å². The van der Waals surface area contributed by atoms with Crippen molar-refractivity contribution in [3.8, 4) is 0 Å². The first-order valence-electron chi connectivity index (χ1n) is 5.49. The summed E-state index contributed by atoms with van der Waals surface area (Å²) in [5.74, 6) is 0.712. The number of rotatable bonds is 3. The van der Waals surface area contributed by atoms with Gasteiger partial charge in [-0.2, -0.15) is 0 Å². The van der Waals surface area contributed by atoms with E-state index in [2.05, 4.69) is 4.98 Å². The highest BCUT2D eigenvalue weighted by Gasteiger charge is 2.11. The summed E-state index contributed by atoms with van der Waals surface area (Å²) in [6.45, 7) is 0.612. The fraction of sp³-hybridized carbons (Fsp3) is 0.154. The zero-order chi connectivity index (χ0) is 12.5. The summed E-state index contributed by atoms with van der Waals surface area (Å²) >= 11 is 5.88. The second-order valence-electron chi connectivity index (χ2n) is 4.01. The predicted octanol–water partition coefficient (Wildman–Crippen LogP) is 3.56. The molecule has 92 valence electrons. The molecule has 0 aliphatic carbocycles. The van der Waals surface area contributed by atoms with Gasteiger partial charge in [0.1, 0.15) is 11.6 Å². The van der Waals surface area contributed by atoms with Crippen LogP contribution >= 0.6 is 11.6 Å². The van der Waals surface area contributed by atoms with Crippen molar-refractivity contribution in [2.24, 2.45) is 0 Å². The van der Waals surface area contributed by atoms with E-state index in [1.165, 1.54) is 12.1 Å². The predicted molar refractivity (Wildman–Crippen MR) is 67.1 cm³/mol. The lowest BCUT2D eigenvalue weighted by Gasteiger charge is -2.05. The third kappa shape index (κ3) is 1.88. The van der Waals surface area contributed by atoms with Gasteiger partial charge in [0.05, 0.1) is 36.0 Å². The molecule has 0 saturated carbocycles. The molecule has 5 heteroatoms. The molecule has 3 nitrogen and oxygen atoms in total. The van der Waals surface area contributed by atoms with E-state index in [-0.39, 0.29) is 11.7 Å². The molecule has 0 radical (unpaired) electrons. The van der Waals surface area contributed by atoms with Gasteiger partial charge >= 0.3 is 0 Å². The number of nitrogens with zero attached hydrogens (tertiary/aromatic N) is 2. The van der Waals surface area contributed by atoms with Crippen LogP contribution in [-0.4, -0.2) is 9.55 Å². The molecule has 2 aromatic heterocycles. The average molecular weight is 265 g/mol. The molecular weight excluding hydrogens is 255 g/mol. The summed E-state index contributed by atoms with van der Waals surface area (Å²) in [6, 6.07) is 6.44. The van der Waals surface area contributed by atoms with Gasteiger partial charge in [0.25, 0.3) is 0 Å². The molecule has 0 bridgehead atoms. The van der Waals surface area contributed by atoms with Crippen LogP contribution in [0.25, 0.3) is 11.0 Å². The van der Waals surface area contributed by atoms with Crippen LogP contribution in [0.3, 0.4) is 0 Å². The topological polar surface area (TPSA) is 31.0 Å². The van der Waals surface area contributed by atoms with Crippen molar-refractivity contribution in [3.63, 3.8) is 0 Å². The lowest BCUT2D eigenvalue weighted by molar-refractivity contribution is 0.562. The molecule has 0 saturated heterocycles. The van der Waals surface area contributed by atoms with Crippen LogP contribution in [-0.2, 0) is 12.4 Å². The van der Waals surface area contributed by atoms with Gasteiger partial charge in [-0.05, 0) is 18.2 Å². The molecule has 0 aliphatic heterocycles. The third-order valence-electron chi connectivity index (χ3n) is 2.83. The van der Waals surface area contributed by atoms with Gasteiger partial charge in [0, 0.05) is 11.6 Å². The van der Waals surface area contributed by atoms with Crippen molar-refractivity contribution >= 4 is 22.6 Å². The first-order valence-corrected chi connectivity index (χ1v) is 6.03. The van der Waals surface area contributed by atoms with Gasteiger partial charge in [-0.1, -0.05) is 0 Å². The lowest BCUT2D eigenvalue weighted by Crippen LogP contribution is -2.02. The Morgan fingerprint density at radius 2 is 2.22 bits per heavy atom. The number of fused-ring (bicyclic) bond motifs is 1. The average Bonchev–Trinajstić information content (AvgIpc) is 2.97. The zero-order valence-electron chi connectivity index (χ0n) is 9.44. The highest BCUT2D eigenvalue weighted by molar-refractivity contribution is 6.16. The maximum absolute atomic E-state index is 13.2. The summed E-state index contributed by atoms with van der Waals surface area (Å²) in [7, 11) is 0. The number of halogens is 2. The highest BCUT2D eigenvalue weighted by atomic mass is 35.5. The Kier molecular flexibility index (Phi) is 2.80. The second-order valence-corrected chi connectivity index (χ2v) is 4.28. The van der Waals surface area contributed by atoms with Crippen molar-refractivity contribution in [1.82, 2.24) is 9.55 Å². The van der Waals surface area contributed by atoms with Crippen LogP contribution in [0, 0.1) is 5.82 Å². The van der Waals surface area contributed by atoms with Crippen molar-refractivity contribution in [2.45, 2.75) is 12.4 Å². The molecule has 0 aliphatic rings.